The average Bonchev–Trinajstić information content (AvgIpc) is 2.62. The average molecular weight is 253 g/mol. The molecule has 1 aliphatic heterocycles. The minimum atomic E-state index is -0.852. The molecule has 1 heterocycles. The predicted octanol–water partition coefficient (Wildman–Crippen LogP) is 2.98. The zero-order chi connectivity index (χ0) is 13.3. The number of carbonyl (C=O) groups is 1. The lowest BCUT2D eigenvalue weighted by atomic mass is 9.87. The Morgan fingerprint density at radius 2 is 2.06 bits per heavy atom. The van der Waals surface area contributed by atoms with Crippen molar-refractivity contribution in [3.05, 3.63) is 35.4 Å². The summed E-state index contributed by atoms with van der Waals surface area (Å²) in [6.07, 6.45) is 1.19. The summed E-state index contributed by atoms with van der Waals surface area (Å²) in [5, 5.41) is 2.91. The van der Waals surface area contributed by atoms with Gasteiger partial charge in [0.1, 0.15) is 0 Å². The third kappa shape index (κ3) is 2.68. The van der Waals surface area contributed by atoms with E-state index in [2.05, 4.69) is 19.2 Å². The lowest BCUT2D eigenvalue weighted by molar-refractivity contribution is -0.119. The van der Waals surface area contributed by atoms with Gasteiger partial charge in [-0.2, -0.15) is 0 Å². The Morgan fingerprint density at radius 1 is 1.33 bits per heavy atom. The van der Waals surface area contributed by atoms with Crippen molar-refractivity contribution in [1.82, 2.24) is 5.32 Å². The normalized spacial score (nSPS) is 23.5. The van der Waals surface area contributed by atoms with E-state index in [0.717, 1.165) is 12.5 Å². The molecule has 18 heavy (non-hydrogen) atoms. The molecule has 1 aromatic carbocycles. The van der Waals surface area contributed by atoms with Crippen molar-refractivity contribution in [1.29, 1.82) is 0 Å². The molecule has 0 bridgehead atoms. The highest BCUT2D eigenvalue weighted by atomic mass is 19.2. The number of rotatable bonds is 3. The number of benzene rings is 1. The van der Waals surface area contributed by atoms with Crippen molar-refractivity contribution < 1.29 is 13.6 Å². The van der Waals surface area contributed by atoms with Crippen LogP contribution in [0.5, 0.6) is 0 Å². The molecule has 2 atom stereocenters. The van der Waals surface area contributed by atoms with Gasteiger partial charge in [0.2, 0.25) is 5.91 Å². The highest BCUT2D eigenvalue weighted by Crippen LogP contribution is 2.32. The molecular weight excluding hydrogens is 236 g/mol. The van der Waals surface area contributed by atoms with Crippen molar-refractivity contribution in [2.24, 2.45) is 5.92 Å². The second kappa shape index (κ2) is 5.04. The van der Waals surface area contributed by atoms with Gasteiger partial charge in [-0.25, -0.2) is 8.78 Å². The maximum absolute atomic E-state index is 13.2. The second-order valence-electron chi connectivity index (χ2n) is 5.29. The molecule has 0 spiro atoms. The van der Waals surface area contributed by atoms with E-state index in [-0.39, 0.29) is 17.9 Å². The number of amides is 1. The van der Waals surface area contributed by atoms with Gasteiger partial charge in [-0.1, -0.05) is 19.9 Å². The van der Waals surface area contributed by atoms with Crippen LogP contribution in [-0.4, -0.2) is 11.9 Å². The second-order valence-corrected chi connectivity index (χ2v) is 5.29. The number of nitrogens with one attached hydrogen (secondary N) is 1. The predicted molar refractivity (Wildman–Crippen MR) is 65.1 cm³/mol. The quantitative estimate of drug-likeness (QED) is 0.881. The van der Waals surface area contributed by atoms with Gasteiger partial charge in [-0.05, 0) is 30.0 Å². The number of hydrogen-bond donors (Lipinski definition) is 1. The fraction of sp³-hybridized carbons (Fsp3) is 0.500. The van der Waals surface area contributed by atoms with Gasteiger partial charge in [0.05, 0.1) is 0 Å². The number of hydrogen-bond acceptors (Lipinski definition) is 1. The summed E-state index contributed by atoms with van der Waals surface area (Å²) in [5.74, 6) is -1.34. The highest BCUT2D eigenvalue weighted by Gasteiger charge is 2.33. The van der Waals surface area contributed by atoms with Crippen LogP contribution in [0, 0.1) is 17.6 Å². The molecule has 1 N–H and O–H groups in total. The summed E-state index contributed by atoms with van der Waals surface area (Å²) in [4.78, 5) is 11.5. The van der Waals surface area contributed by atoms with E-state index in [4.69, 9.17) is 0 Å². The minimum absolute atomic E-state index is 0.0161. The first kappa shape index (κ1) is 13.0. The standard InChI is InChI=1S/C14H17F2NO/c1-8(2)5-13-10(7-14(18)17-13)9-3-4-11(15)12(16)6-9/h3-4,6,8,10,13H,5,7H2,1-2H3,(H,17,18). The molecule has 1 saturated heterocycles. The molecule has 4 heteroatoms. The molecule has 0 aromatic heterocycles. The van der Waals surface area contributed by atoms with Crippen LogP contribution >= 0.6 is 0 Å². The maximum atomic E-state index is 13.2. The number of halogens is 2. The first-order valence-corrected chi connectivity index (χ1v) is 6.21. The van der Waals surface area contributed by atoms with Gasteiger partial charge >= 0.3 is 0 Å². The first-order valence-electron chi connectivity index (χ1n) is 6.21. The summed E-state index contributed by atoms with van der Waals surface area (Å²) < 4.78 is 26.2. The summed E-state index contributed by atoms with van der Waals surface area (Å²) in [7, 11) is 0. The van der Waals surface area contributed by atoms with Crippen LogP contribution in [0.3, 0.4) is 0 Å². The molecule has 2 rings (SSSR count). The minimum Gasteiger partial charge on any atom is -0.353 e. The first-order chi connectivity index (χ1) is 8.47. The van der Waals surface area contributed by atoms with E-state index in [1.807, 2.05) is 0 Å². The molecule has 0 radical (unpaired) electrons. The largest absolute Gasteiger partial charge is 0.353 e. The summed E-state index contributed by atoms with van der Waals surface area (Å²) in [5.41, 5.74) is 0.693. The van der Waals surface area contributed by atoms with E-state index in [1.54, 1.807) is 6.07 Å². The van der Waals surface area contributed by atoms with Crippen molar-refractivity contribution in [3.63, 3.8) is 0 Å². The molecule has 1 amide bonds. The van der Waals surface area contributed by atoms with Crippen LogP contribution in [0.25, 0.3) is 0 Å². The molecule has 1 aromatic rings. The Balaban J connectivity index is 2.24. The Labute approximate surface area is 105 Å². The summed E-state index contributed by atoms with van der Waals surface area (Å²) >= 11 is 0. The summed E-state index contributed by atoms with van der Waals surface area (Å²) in [6, 6.07) is 3.91. The monoisotopic (exact) mass is 253 g/mol. The Hall–Kier alpha value is -1.45. The third-order valence-corrected chi connectivity index (χ3v) is 3.33. The topological polar surface area (TPSA) is 29.1 Å². The van der Waals surface area contributed by atoms with Gasteiger partial charge in [0.25, 0.3) is 0 Å². The van der Waals surface area contributed by atoms with Crippen LogP contribution in [-0.2, 0) is 4.79 Å². The zero-order valence-corrected chi connectivity index (χ0v) is 10.5. The van der Waals surface area contributed by atoms with Crippen LogP contribution < -0.4 is 5.32 Å². The Morgan fingerprint density at radius 3 is 2.67 bits per heavy atom. The van der Waals surface area contributed by atoms with Gasteiger partial charge in [-0.3, -0.25) is 4.79 Å². The van der Waals surface area contributed by atoms with Gasteiger partial charge in [-0.15, -0.1) is 0 Å². The Kier molecular flexibility index (Phi) is 3.64. The molecule has 98 valence electrons. The molecule has 2 unspecified atom stereocenters. The molecule has 0 saturated carbocycles. The molecular formula is C14H17F2NO. The van der Waals surface area contributed by atoms with Crippen molar-refractivity contribution in [2.45, 2.75) is 38.6 Å². The lowest BCUT2D eigenvalue weighted by Crippen LogP contribution is -2.29. The maximum Gasteiger partial charge on any atom is 0.220 e. The van der Waals surface area contributed by atoms with Crippen molar-refractivity contribution in [2.75, 3.05) is 0 Å². The zero-order valence-electron chi connectivity index (χ0n) is 10.5. The SMILES string of the molecule is CC(C)CC1NC(=O)CC1c1ccc(F)c(F)c1. The molecule has 1 fully saturated rings. The van der Waals surface area contributed by atoms with E-state index in [9.17, 15) is 13.6 Å². The van der Waals surface area contributed by atoms with E-state index in [1.165, 1.54) is 6.07 Å². The third-order valence-electron chi connectivity index (χ3n) is 3.33. The molecule has 2 nitrogen and oxygen atoms in total. The van der Waals surface area contributed by atoms with E-state index < -0.39 is 11.6 Å². The van der Waals surface area contributed by atoms with E-state index in [0.29, 0.717) is 17.9 Å². The van der Waals surface area contributed by atoms with Crippen LogP contribution in [0.4, 0.5) is 8.78 Å². The smallest absolute Gasteiger partial charge is 0.220 e. The van der Waals surface area contributed by atoms with Crippen LogP contribution in [0.15, 0.2) is 18.2 Å². The number of carbonyl (C=O) groups excluding carboxylic acids is 1. The fourth-order valence-electron chi connectivity index (χ4n) is 2.53. The lowest BCUT2D eigenvalue weighted by Gasteiger charge is -2.21. The van der Waals surface area contributed by atoms with Crippen molar-refractivity contribution in [3.8, 4) is 0 Å². The molecule has 0 aliphatic carbocycles. The molecule has 1 aliphatic rings. The highest BCUT2D eigenvalue weighted by molar-refractivity contribution is 5.80. The Bertz CT molecular complexity index is 459. The van der Waals surface area contributed by atoms with Gasteiger partial charge in [0.15, 0.2) is 11.6 Å². The van der Waals surface area contributed by atoms with Crippen LogP contribution in [0.2, 0.25) is 0 Å². The van der Waals surface area contributed by atoms with Crippen molar-refractivity contribution >= 4 is 5.91 Å². The fourth-order valence-corrected chi connectivity index (χ4v) is 2.53. The van der Waals surface area contributed by atoms with Gasteiger partial charge < -0.3 is 5.32 Å². The van der Waals surface area contributed by atoms with E-state index >= 15 is 0 Å². The summed E-state index contributed by atoms with van der Waals surface area (Å²) in [6.45, 7) is 4.15. The van der Waals surface area contributed by atoms with Crippen LogP contribution in [0.1, 0.15) is 38.2 Å². The van der Waals surface area contributed by atoms with Gasteiger partial charge in [0, 0.05) is 18.4 Å².